The van der Waals surface area contributed by atoms with Crippen molar-refractivity contribution >= 4 is 50.2 Å². The van der Waals surface area contributed by atoms with Crippen molar-refractivity contribution < 1.29 is 9.53 Å². The molecule has 0 heterocycles. The van der Waals surface area contributed by atoms with E-state index in [4.69, 9.17) is 0 Å². The Morgan fingerprint density at radius 3 is 2.93 bits per heavy atom. The quantitative estimate of drug-likeness (QED) is 0.657. The Hall–Kier alpha value is -0.300. The van der Waals surface area contributed by atoms with Crippen LogP contribution in [0.1, 0.15) is 0 Å². The van der Waals surface area contributed by atoms with Crippen LogP contribution in [0.4, 0.5) is 5.69 Å². The van der Waals surface area contributed by atoms with Crippen LogP contribution in [0.15, 0.2) is 22.7 Å². The highest BCUT2D eigenvalue weighted by Gasteiger charge is 2.01. The van der Waals surface area contributed by atoms with Gasteiger partial charge >= 0.3 is 5.97 Å². The fourth-order valence-electron chi connectivity index (χ4n) is 0.852. The number of halogens is 2. The number of carbonyl (C=O) groups excluding carboxylic acids is 1. The van der Waals surface area contributed by atoms with Crippen molar-refractivity contribution in [2.45, 2.75) is 0 Å². The molecule has 1 aromatic rings. The highest BCUT2D eigenvalue weighted by molar-refractivity contribution is 14.1. The molecule has 5 heteroatoms. The summed E-state index contributed by atoms with van der Waals surface area (Å²) in [6.07, 6.45) is 0. The summed E-state index contributed by atoms with van der Waals surface area (Å²) in [4.78, 5) is 10.8. The predicted molar refractivity (Wildman–Crippen MR) is 67.4 cm³/mol. The van der Waals surface area contributed by atoms with E-state index in [9.17, 15) is 4.79 Å². The average Bonchev–Trinajstić information content (AvgIpc) is 2.19. The van der Waals surface area contributed by atoms with E-state index in [1.54, 1.807) is 0 Å². The number of nitrogens with one attached hydrogen (secondary N) is 1. The molecule has 0 aliphatic carbocycles. The molecule has 1 rings (SSSR count). The maximum absolute atomic E-state index is 10.8. The fourth-order valence-corrected chi connectivity index (χ4v) is 1.61. The van der Waals surface area contributed by atoms with Crippen LogP contribution < -0.4 is 5.32 Å². The van der Waals surface area contributed by atoms with E-state index in [0.29, 0.717) is 0 Å². The molecule has 1 N–H and O–H groups in total. The summed E-state index contributed by atoms with van der Waals surface area (Å²) < 4.78 is 6.65. The molecule has 0 aliphatic heterocycles. The van der Waals surface area contributed by atoms with Crippen LogP contribution >= 0.6 is 38.5 Å². The highest BCUT2D eigenvalue weighted by atomic mass is 127. The van der Waals surface area contributed by atoms with Crippen LogP contribution in [-0.4, -0.2) is 19.6 Å². The summed E-state index contributed by atoms with van der Waals surface area (Å²) >= 11 is 5.61. The zero-order valence-corrected chi connectivity index (χ0v) is 11.3. The van der Waals surface area contributed by atoms with Crippen molar-refractivity contribution in [1.82, 2.24) is 0 Å². The molecule has 1 aromatic carbocycles. The minimum atomic E-state index is -0.275. The van der Waals surface area contributed by atoms with Crippen LogP contribution in [0.3, 0.4) is 0 Å². The molecule has 0 bridgehead atoms. The van der Waals surface area contributed by atoms with Crippen LogP contribution in [-0.2, 0) is 9.53 Å². The van der Waals surface area contributed by atoms with Gasteiger partial charge in [0.25, 0.3) is 0 Å². The van der Waals surface area contributed by atoms with E-state index in [1.165, 1.54) is 7.11 Å². The number of carbonyl (C=O) groups is 1. The molecular formula is C9H9BrINO2. The lowest BCUT2D eigenvalue weighted by Crippen LogP contribution is -2.14. The first-order valence-corrected chi connectivity index (χ1v) is 5.76. The Kier molecular flexibility index (Phi) is 4.67. The monoisotopic (exact) mass is 369 g/mol. The van der Waals surface area contributed by atoms with Gasteiger partial charge in [0.15, 0.2) is 0 Å². The van der Waals surface area contributed by atoms with Crippen LogP contribution in [0, 0.1) is 3.57 Å². The zero-order chi connectivity index (χ0) is 10.6. The largest absolute Gasteiger partial charge is 0.468 e. The third kappa shape index (κ3) is 3.45. The Balaban J connectivity index is 2.60. The molecule has 0 aliphatic rings. The second kappa shape index (κ2) is 5.55. The molecule has 0 saturated carbocycles. The van der Waals surface area contributed by atoms with E-state index in [1.807, 2.05) is 18.2 Å². The van der Waals surface area contributed by atoms with Gasteiger partial charge in [-0.2, -0.15) is 0 Å². The SMILES string of the molecule is COC(=O)CNc1ccc(Br)c(I)c1. The number of methoxy groups -OCH3 is 1. The lowest BCUT2D eigenvalue weighted by Gasteiger charge is -2.05. The van der Waals surface area contributed by atoms with Gasteiger partial charge in [-0.25, -0.2) is 0 Å². The standard InChI is InChI=1S/C9H9BrINO2/c1-14-9(13)5-12-6-2-3-7(10)8(11)4-6/h2-4,12H,5H2,1H3. The van der Waals surface area contributed by atoms with Crippen molar-refractivity contribution in [2.75, 3.05) is 19.0 Å². The molecule has 14 heavy (non-hydrogen) atoms. The summed E-state index contributed by atoms with van der Waals surface area (Å²) in [6, 6.07) is 5.78. The highest BCUT2D eigenvalue weighted by Crippen LogP contribution is 2.22. The Morgan fingerprint density at radius 2 is 2.36 bits per heavy atom. The molecular weight excluding hydrogens is 361 g/mol. The number of esters is 1. The Bertz CT molecular complexity index is 344. The molecule has 76 valence electrons. The molecule has 0 aromatic heterocycles. The normalized spacial score (nSPS) is 9.64. The van der Waals surface area contributed by atoms with Gasteiger partial charge in [-0.05, 0) is 56.7 Å². The molecule has 3 nitrogen and oxygen atoms in total. The van der Waals surface area contributed by atoms with Crippen LogP contribution in [0.5, 0.6) is 0 Å². The van der Waals surface area contributed by atoms with Gasteiger partial charge in [0.05, 0.1) is 7.11 Å². The van der Waals surface area contributed by atoms with Crippen LogP contribution in [0.2, 0.25) is 0 Å². The van der Waals surface area contributed by atoms with E-state index in [-0.39, 0.29) is 12.5 Å². The predicted octanol–water partition coefficient (Wildman–Crippen LogP) is 2.64. The lowest BCUT2D eigenvalue weighted by molar-refractivity contribution is -0.138. The number of rotatable bonds is 3. The maximum atomic E-state index is 10.8. The smallest absolute Gasteiger partial charge is 0.325 e. The van der Waals surface area contributed by atoms with Gasteiger partial charge in [0.2, 0.25) is 0 Å². The van der Waals surface area contributed by atoms with Gasteiger partial charge in [0, 0.05) is 13.7 Å². The number of benzene rings is 1. The van der Waals surface area contributed by atoms with Crippen molar-refractivity contribution in [2.24, 2.45) is 0 Å². The number of anilines is 1. The van der Waals surface area contributed by atoms with E-state index in [0.717, 1.165) is 13.7 Å². The topological polar surface area (TPSA) is 38.3 Å². The summed E-state index contributed by atoms with van der Waals surface area (Å²) in [6.45, 7) is 0.189. The minimum absolute atomic E-state index is 0.189. The van der Waals surface area contributed by atoms with Gasteiger partial charge < -0.3 is 10.1 Å². The molecule has 0 atom stereocenters. The van der Waals surface area contributed by atoms with E-state index >= 15 is 0 Å². The molecule has 0 fully saturated rings. The molecule has 0 radical (unpaired) electrons. The summed E-state index contributed by atoms with van der Waals surface area (Å²) in [5, 5.41) is 2.96. The third-order valence-corrected chi connectivity index (χ3v) is 3.91. The zero-order valence-electron chi connectivity index (χ0n) is 7.51. The van der Waals surface area contributed by atoms with Gasteiger partial charge in [-0.15, -0.1) is 0 Å². The second-order valence-electron chi connectivity index (χ2n) is 2.56. The summed E-state index contributed by atoms with van der Waals surface area (Å²) in [5.74, 6) is -0.275. The average molecular weight is 370 g/mol. The lowest BCUT2D eigenvalue weighted by atomic mass is 10.3. The van der Waals surface area contributed by atoms with Gasteiger partial charge in [-0.3, -0.25) is 4.79 Å². The molecule has 0 spiro atoms. The van der Waals surface area contributed by atoms with Gasteiger partial charge in [0.1, 0.15) is 6.54 Å². The fraction of sp³-hybridized carbons (Fsp3) is 0.222. The van der Waals surface area contributed by atoms with Gasteiger partial charge in [-0.1, -0.05) is 0 Å². The first kappa shape index (κ1) is 11.8. The second-order valence-corrected chi connectivity index (χ2v) is 4.58. The molecule has 0 saturated heterocycles. The first-order valence-electron chi connectivity index (χ1n) is 3.89. The number of hydrogen-bond donors (Lipinski definition) is 1. The van der Waals surface area contributed by atoms with Crippen molar-refractivity contribution in [3.8, 4) is 0 Å². The number of hydrogen-bond acceptors (Lipinski definition) is 3. The minimum Gasteiger partial charge on any atom is -0.468 e. The maximum Gasteiger partial charge on any atom is 0.325 e. The summed E-state index contributed by atoms with van der Waals surface area (Å²) in [7, 11) is 1.37. The van der Waals surface area contributed by atoms with Crippen LogP contribution in [0.25, 0.3) is 0 Å². The van der Waals surface area contributed by atoms with E-state index < -0.39 is 0 Å². The van der Waals surface area contributed by atoms with Crippen molar-refractivity contribution in [1.29, 1.82) is 0 Å². The van der Waals surface area contributed by atoms with E-state index in [2.05, 4.69) is 48.6 Å². The Morgan fingerprint density at radius 1 is 1.64 bits per heavy atom. The first-order chi connectivity index (χ1) is 6.63. The summed E-state index contributed by atoms with van der Waals surface area (Å²) in [5.41, 5.74) is 0.906. The Labute approximate surface area is 104 Å². The molecule has 0 unspecified atom stereocenters. The third-order valence-electron chi connectivity index (χ3n) is 1.58. The number of ether oxygens (including phenoxy) is 1. The van der Waals surface area contributed by atoms with Crippen molar-refractivity contribution in [3.63, 3.8) is 0 Å². The molecule has 0 amide bonds. The van der Waals surface area contributed by atoms with Crippen molar-refractivity contribution in [3.05, 3.63) is 26.2 Å².